The molecular formula is C57H68F6N4O8S2. The fourth-order valence-corrected chi connectivity index (χ4v) is 13.1. The van der Waals surface area contributed by atoms with E-state index in [4.69, 9.17) is 9.47 Å². The van der Waals surface area contributed by atoms with Crippen LogP contribution in [-0.4, -0.2) is 103 Å². The first kappa shape index (κ1) is 60.5. The van der Waals surface area contributed by atoms with Crippen molar-refractivity contribution in [2.75, 3.05) is 26.2 Å². The Hall–Kier alpha value is -5.70. The number of halogens is 6. The van der Waals surface area contributed by atoms with Crippen molar-refractivity contribution < 1.29 is 62.2 Å². The van der Waals surface area contributed by atoms with Gasteiger partial charge in [-0.1, -0.05) is 66.7 Å². The van der Waals surface area contributed by atoms with Crippen LogP contribution in [0.15, 0.2) is 125 Å². The predicted molar refractivity (Wildman–Crippen MR) is 282 cm³/mol. The minimum atomic E-state index is -4.18. The highest BCUT2D eigenvalue weighted by atomic mass is 32.2. The second-order valence-electron chi connectivity index (χ2n) is 21.6. The highest BCUT2D eigenvalue weighted by molar-refractivity contribution is 7.94. The van der Waals surface area contributed by atoms with Crippen LogP contribution in [0.5, 0.6) is 0 Å². The molecular weight excluding hydrogens is 1050 g/mol. The zero-order valence-corrected chi connectivity index (χ0v) is 45.9. The molecule has 5 aromatic rings. The van der Waals surface area contributed by atoms with Gasteiger partial charge in [-0.2, -0.15) is 26.3 Å². The maximum Gasteiger partial charge on any atom is 0.389 e. The average Bonchev–Trinajstić information content (AvgIpc) is 3.36. The number of hydrogen-bond acceptors (Lipinski definition) is 12. The van der Waals surface area contributed by atoms with Crippen molar-refractivity contribution in [2.45, 2.75) is 155 Å². The lowest BCUT2D eigenvalue weighted by atomic mass is 9.95. The number of esters is 2. The second-order valence-corrected chi connectivity index (χ2v) is 26.1. The highest BCUT2D eigenvalue weighted by Gasteiger charge is 2.56. The summed E-state index contributed by atoms with van der Waals surface area (Å²) in [6.45, 7) is 12.5. The summed E-state index contributed by atoms with van der Waals surface area (Å²) in [4.78, 5) is 37.6. The molecule has 0 aliphatic carbocycles. The molecule has 2 fully saturated rings. The van der Waals surface area contributed by atoms with E-state index >= 15 is 0 Å². The molecule has 0 radical (unpaired) electrons. The van der Waals surface area contributed by atoms with Gasteiger partial charge in [-0.05, 0) is 159 Å². The number of nitrogens with zero attached hydrogens (tertiary/aromatic N) is 3. The Morgan fingerprint density at radius 3 is 1.29 bits per heavy atom. The van der Waals surface area contributed by atoms with E-state index in [1.807, 2.05) is 30.3 Å². The van der Waals surface area contributed by atoms with E-state index in [1.165, 1.54) is 36.7 Å². The summed E-state index contributed by atoms with van der Waals surface area (Å²) in [6.07, 6.45) is -6.02. The Kier molecular flexibility index (Phi) is 19.3. The Labute approximate surface area is 448 Å². The molecule has 2 saturated heterocycles. The van der Waals surface area contributed by atoms with Gasteiger partial charge in [0, 0.05) is 56.0 Å². The lowest BCUT2D eigenvalue weighted by molar-refractivity contribution is -0.160. The van der Waals surface area contributed by atoms with Gasteiger partial charge in [0.1, 0.15) is 11.2 Å². The summed E-state index contributed by atoms with van der Waals surface area (Å²) in [5, 5.41) is 3.10. The van der Waals surface area contributed by atoms with Crippen molar-refractivity contribution >= 4 is 31.6 Å². The van der Waals surface area contributed by atoms with Gasteiger partial charge in [0.25, 0.3) is 0 Å². The largest absolute Gasteiger partial charge is 0.459 e. The first-order valence-electron chi connectivity index (χ1n) is 25.6. The van der Waals surface area contributed by atoms with Gasteiger partial charge in [-0.15, -0.1) is 0 Å². The summed E-state index contributed by atoms with van der Waals surface area (Å²) in [5.74, 6) is -1.47. The Morgan fingerprint density at radius 2 is 0.935 bits per heavy atom. The molecule has 1 N–H and O–H groups in total. The molecule has 418 valence electrons. The third-order valence-corrected chi connectivity index (χ3v) is 18.3. The van der Waals surface area contributed by atoms with E-state index in [1.54, 1.807) is 90.1 Å². The third kappa shape index (κ3) is 16.2. The molecule has 0 saturated carbocycles. The summed E-state index contributed by atoms with van der Waals surface area (Å²) in [7, 11) is -8.18. The van der Waals surface area contributed by atoms with Crippen LogP contribution in [0.2, 0.25) is 0 Å². The van der Waals surface area contributed by atoms with Crippen LogP contribution in [0.25, 0.3) is 22.5 Å². The molecule has 77 heavy (non-hydrogen) atoms. The van der Waals surface area contributed by atoms with Gasteiger partial charge in [-0.3, -0.25) is 24.5 Å². The third-order valence-electron chi connectivity index (χ3n) is 13.3. The number of likely N-dealkylation sites (tertiary alicyclic amines) is 1. The Balaban J connectivity index is 0.000000254. The number of piperidine rings is 2. The number of benzene rings is 3. The second kappa shape index (κ2) is 24.5. The van der Waals surface area contributed by atoms with Gasteiger partial charge < -0.3 is 14.8 Å². The topological polar surface area (TPSA) is 162 Å². The number of sulfone groups is 2. The number of carbonyl (C=O) groups excluding carboxylic acids is 2. The molecule has 0 amide bonds. The summed E-state index contributed by atoms with van der Waals surface area (Å²) in [5.41, 5.74) is 3.27. The van der Waals surface area contributed by atoms with Crippen molar-refractivity contribution in [3.05, 3.63) is 132 Å². The SMILES string of the molecule is CC(C)(C)OC(=O)C1(S(=O)(=O)c2ccc(-c3ccc(CCCC(F)(F)F)cn3)cc2)CCN(Cc2ccccc2)CC1.CC(C)(C)OC(=O)C1(S(=O)(=O)c2ccc(-c3ccc(CCCC(F)(F)F)cn3)cc2)CCNCC1. The number of aromatic nitrogens is 2. The van der Waals surface area contributed by atoms with Crippen molar-refractivity contribution in [1.29, 1.82) is 0 Å². The van der Waals surface area contributed by atoms with Crippen molar-refractivity contribution in [1.82, 2.24) is 20.2 Å². The average molecular weight is 1120 g/mol. The monoisotopic (exact) mass is 1110 g/mol. The molecule has 2 aliphatic rings. The molecule has 12 nitrogen and oxygen atoms in total. The van der Waals surface area contributed by atoms with E-state index in [0.29, 0.717) is 66.4 Å². The quantitative estimate of drug-likeness (QED) is 0.0736. The van der Waals surface area contributed by atoms with Crippen LogP contribution in [0.4, 0.5) is 26.3 Å². The zero-order chi connectivity index (χ0) is 56.5. The fraction of sp³-hybridized carbons (Fsp3) is 0.474. The minimum Gasteiger partial charge on any atom is -0.459 e. The van der Waals surface area contributed by atoms with Crippen molar-refractivity contribution in [2.24, 2.45) is 0 Å². The lowest BCUT2D eigenvalue weighted by Crippen LogP contribution is -2.56. The van der Waals surface area contributed by atoms with Crippen LogP contribution in [-0.2, 0) is 58.1 Å². The molecule has 2 aliphatic heterocycles. The van der Waals surface area contributed by atoms with Crippen molar-refractivity contribution in [3.63, 3.8) is 0 Å². The Morgan fingerprint density at radius 1 is 0.545 bits per heavy atom. The molecule has 3 aromatic carbocycles. The summed E-state index contributed by atoms with van der Waals surface area (Å²) >= 11 is 0. The maximum atomic E-state index is 14.1. The molecule has 0 atom stereocenters. The normalized spacial score (nSPS) is 16.4. The van der Waals surface area contributed by atoms with E-state index in [2.05, 4.69) is 20.2 Å². The molecule has 0 unspecified atom stereocenters. The first-order chi connectivity index (χ1) is 35.9. The molecule has 0 spiro atoms. The highest BCUT2D eigenvalue weighted by Crippen LogP contribution is 2.40. The number of alkyl halides is 6. The summed E-state index contributed by atoms with van der Waals surface area (Å²) < 4.78 is 138. The van der Waals surface area contributed by atoms with Crippen LogP contribution < -0.4 is 5.32 Å². The van der Waals surface area contributed by atoms with Crippen LogP contribution >= 0.6 is 0 Å². The number of carbonyl (C=O) groups is 2. The van der Waals surface area contributed by atoms with E-state index in [9.17, 15) is 52.8 Å². The number of ether oxygens (including phenoxy) is 2. The molecule has 7 rings (SSSR count). The maximum absolute atomic E-state index is 14.1. The molecule has 0 bridgehead atoms. The number of nitrogens with one attached hydrogen (secondary N) is 1. The van der Waals surface area contributed by atoms with E-state index in [0.717, 1.165) is 5.56 Å². The predicted octanol–water partition coefficient (Wildman–Crippen LogP) is 11.7. The van der Waals surface area contributed by atoms with Crippen LogP contribution in [0, 0.1) is 0 Å². The smallest absolute Gasteiger partial charge is 0.389 e. The van der Waals surface area contributed by atoms with E-state index in [-0.39, 0.29) is 61.2 Å². The standard InChI is InChI=1S/C32H37F3N2O4S.C25H31F3N2O4S/c1-30(2,3)41-29(38)31(18-20-37(21-19-31)23-25-8-5-4-6-9-25)42(39,40)27-14-12-26(13-15-27)28-16-11-24(22-36-28)10-7-17-32(33,34)35;1-23(2,3)34-22(31)24(13-15-29-16-14-24)35(32,33)20-9-7-19(8-10-20)21-11-6-18(17-30-21)5-4-12-25(26,27)28/h4-6,8-9,11-16,22H,7,10,17-21,23H2,1-3H3;6-11,17,29H,4-5,12-16H2,1-3H3. The van der Waals surface area contributed by atoms with Gasteiger partial charge in [-0.25, -0.2) is 16.8 Å². The fourth-order valence-electron chi connectivity index (χ4n) is 9.18. The molecule has 20 heteroatoms. The van der Waals surface area contributed by atoms with Gasteiger partial charge in [0.15, 0.2) is 29.2 Å². The number of rotatable bonds is 16. The number of pyridine rings is 2. The van der Waals surface area contributed by atoms with Gasteiger partial charge >= 0.3 is 24.3 Å². The minimum absolute atomic E-state index is 0.00794. The number of hydrogen-bond donors (Lipinski definition) is 1. The van der Waals surface area contributed by atoms with Crippen molar-refractivity contribution in [3.8, 4) is 22.5 Å². The number of aryl methyl sites for hydroxylation is 2. The molecule has 2 aromatic heterocycles. The lowest BCUT2D eigenvalue weighted by Gasteiger charge is -2.40. The van der Waals surface area contributed by atoms with Gasteiger partial charge in [0.2, 0.25) is 0 Å². The van der Waals surface area contributed by atoms with Crippen LogP contribution in [0.3, 0.4) is 0 Å². The molecule has 4 heterocycles. The van der Waals surface area contributed by atoms with Crippen LogP contribution in [0.1, 0.15) is 110 Å². The zero-order valence-electron chi connectivity index (χ0n) is 44.3. The Bertz CT molecular complexity index is 2970. The summed E-state index contributed by atoms with van der Waals surface area (Å²) in [6, 6.07) is 29.1. The van der Waals surface area contributed by atoms with E-state index < -0.39 is 77.5 Å². The first-order valence-corrected chi connectivity index (χ1v) is 28.6. The van der Waals surface area contributed by atoms with Gasteiger partial charge in [0.05, 0.1) is 21.2 Å².